The molecule has 4 bridgehead atoms. The molecule has 1 aliphatic rings. The second-order valence-electron chi connectivity index (χ2n) is 19.2. The van der Waals surface area contributed by atoms with Crippen LogP contribution in [-0.2, 0) is 30.3 Å². The van der Waals surface area contributed by atoms with Crippen LogP contribution >= 0.6 is 0 Å². The van der Waals surface area contributed by atoms with Gasteiger partial charge < -0.3 is 45.1 Å². The smallest absolute Gasteiger partial charge is 0.407 e. The van der Waals surface area contributed by atoms with Crippen molar-refractivity contribution in [3.63, 3.8) is 0 Å². The summed E-state index contributed by atoms with van der Waals surface area (Å²) < 4.78 is 23.4. The molecule has 0 aliphatic carbocycles. The molecule has 0 saturated carbocycles. The van der Waals surface area contributed by atoms with Crippen molar-refractivity contribution in [2.75, 3.05) is 33.4 Å². The molecule has 69 heavy (non-hydrogen) atoms. The number of fused-ring (bicyclic) bond motifs is 5. The van der Waals surface area contributed by atoms with Gasteiger partial charge in [0, 0.05) is 30.6 Å². The van der Waals surface area contributed by atoms with Crippen molar-refractivity contribution in [2.24, 2.45) is 0 Å². The Morgan fingerprint density at radius 1 is 0.754 bits per heavy atom. The highest BCUT2D eigenvalue weighted by molar-refractivity contribution is 5.94. The van der Waals surface area contributed by atoms with Gasteiger partial charge in [0.15, 0.2) is 0 Å². The van der Waals surface area contributed by atoms with Crippen LogP contribution in [-0.4, -0.2) is 97.5 Å². The van der Waals surface area contributed by atoms with Gasteiger partial charge in [-0.25, -0.2) is 9.59 Å². The molecule has 5 amide bonds. The molecule has 5 rings (SSSR count). The summed E-state index contributed by atoms with van der Waals surface area (Å²) in [6, 6.07) is 24.6. The molecule has 0 spiro atoms. The summed E-state index contributed by atoms with van der Waals surface area (Å²) in [5.74, 6) is -0.931. The fourth-order valence-corrected chi connectivity index (χ4v) is 7.61. The lowest BCUT2D eigenvalue weighted by atomic mass is 9.93. The molecule has 0 saturated heterocycles. The highest BCUT2D eigenvalue weighted by atomic mass is 16.6. The molecular formula is C53H67N7O9. The first-order valence-corrected chi connectivity index (χ1v) is 23.2. The SMILES string of the molecule is Cc1ccc(-c2ccc(C(C)N[C@@H](C)C(=O)N(C)[C@@H]3C(=O)N[C@@H](C)C(=O)N[C@H](C#N)Cc4ccc(OCCNC(=O)OC(C)(C)C)c(c4)-c4cc3ccc4OCCNC(=O)OC(C)(C)C)cc2)cc1. The molecule has 1 heterocycles. The number of hydrogen-bond donors (Lipinski definition) is 5. The van der Waals surface area contributed by atoms with Gasteiger partial charge in [0.1, 0.15) is 54.0 Å². The lowest BCUT2D eigenvalue weighted by molar-refractivity contribution is -0.141. The van der Waals surface area contributed by atoms with Gasteiger partial charge in [-0.15, -0.1) is 0 Å². The van der Waals surface area contributed by atoms with Gasteiger partial charge in [0.25, 0.3) is 0 Å². The first-order chi connectivity index (χ1) is 32.5. The Labute approximate surface area is 405 Å². The van der Waals surface area contributed by atoms with Crippen molar-refractivity contribution in [3.05, 3.63) is 107 Å². The zero-order valence-corrected chi connectivity index (χ0v) is 41.6. The standard InChI is InChI=1S/C53H67N7O9/c1-32-12-15-38(16-13-32)39-19-17-37(18-20-39)33(2)57-35(4)49(63)60(11)46-40-21-23-45(67-27-25-56-51(65)69-53(8,9)10)43(30-40)42-29-36(28-41(31-54)59-47(61)34(3)58-48(46)62)14-22-44(42)66-26-24-55-50(64)68-52(5,6)7/h12-23,29-30,33-35,41,46,57H,24-28H2,1-11H3,(H,55,64)(H,56,65)(H,58,62)(H,59,61)/t33?,34-,35-,41-,46-/m0/s1. The zero-order valence-electron chi connectivity index (χ0n) is 41.6. The van der Waals surface area contributed by atoms with Gasteiger partial charge in [-0.05, 0) is 121 Å². The maximum Gasteiger partial charge on any atom is 0.407 e. The Morgan fingerprint density at radius 2 is 1.28 bits per heavy atom. The van der Waals surface area contributed by atoms with Crippen LogP contribution in [0.2, 0.25) is 0 Å². The predicted molar refractivity (Wildman–Crippen MR) is 263 cm³/mol. The number of ether oxygens (including phenoxy) is 4. The molecule has 16 heteroatoms. The summed E-state index contributed by atoms with van der Waals surface area (Å²) in [6.07, 6.45) is -1.12. The quantitative estimate of drug-likeness (QED) is 0.0785. The van der Waals surface area contributed by atoms with Gasteiger partial charge in [-0.2, -0.15) is 5.26 Å². The molecule has 5 atom stereocenters. The van der Waals surface area contributed by atoms with Gasteiger partial charge in [0.2, 0.25) is 17.7 Å². The number of likely N-dealkylation sites (N-methyl/N-ethyl adjacent to an activating group) is 1. The zero-order chi connectivity index (χ0) is 50.6. The van der Waals surface area contributed by atoms with E-state index in [4.69, 9.17) is 18.9 Å². The number of nitrogens with zero attached hydrogens (tertiary/aromatic N) is 2. The van der Waals surface area contributed by atoms with Crippen molar-refractivity contribution in [2.45, 2.75) is 117 Å². The monoisotopic (exact) mass is 946 g/mol. The Balaban J connectivity index is 1.52. The molecule has 1 aliphatic heterocycles. The van der Waals surface area contributed by atoms with Crippen LogP contribution in [0, 0.1) is 18.3 Å². The van der Waals surface area contributed by atoms with E-state index < -0.39 is 65.3 Å². The molecule has 0 fully saturated rings. The van der Waals surface area contributed by atoms with Crippen molar-refractivity contribution >= 4 is 29.9 Å². The van der Waals surface area contributed by atoms with Crippen LogP contribution in [0.3, 0.4) is 0 Å². The van der Waals surface area contributed by atoms with Crippen LogP contribution in [0.4, 0.5) is 9.59 Å². The van der Waals surface area contributed by atoms with Gasteiger partial charge in [-0.1, -0.05) is 66.2 Å². The largest absolute Gasteiger partial charge is 0.491 e. The van der Waals surface area contributed by atoms with Crippen molar-refractivity contribution < 1.29 is 42.9 Å². The number of benzene rings is 4. The molecule has 0 radical (unpaired) electrons. The minimum atomic E-state index is -1.27. The van der Waals surface area contributed by atoms with Crippen LogP contribution in [0.25, 0.3) is 22.3 Å². The summed E-state index contributed by atoms with van der Waals surface area (Å²) in [7, 11) is 1.53. The summed E-state index contributed by atoms with van der Waals surface area (Å²) in [5.41, 5.74) is 4.87. The van der Waals surface area contributed by atoms with E-state index in [1.54, 1.807) is 84.9 Å². The average molecular weight is 946 g/mol. The van der Waals surface area contributed by atoms with Crippen molar-refractivity contribution in [3.8, 4) is 39.8 Å². The highest BCUT2D eigenvalue weighted by Crippen LogP contribution is 2.40. The van der Waals surface area contributed by atoms with Crippen LogP contribution in [0.1, 0.15) is 96.7 Å². The number of nitriles is 1. The summed E-state index contributed by atoms with van der Waals surface area (Å²) in [6.45, 7) is 18.0. The molecular weight excluding hydrogens is 879 g/mol. The van der Waals surface area contributed by atoms with Gasteiger partial charge >= 0.3 is 12.2 Å². The minimum absolute atomic E-state index is 0.0136. The highest BCUT2D eigenvalue weighted by Gasteiger charge is 2.34. The predicted octanol–water partition coefficient (Wildman–Crippen LogP) is 7.44. The number of amides is 5. The number of hydrogen-bond acceptors (Lipinski definition) is 11. The van der Waals surface area contributed by atoms with Crippen LogP contribution in [0.5, 0.6) is 11.5 Å². The third-order valence-corrected chi connectivity index (χ3v) is 11.0. The van der Waals surface area contributed by atoms with Crippen LogP contribution in [0.15, 0.2) is 84.9 Å². The Bertz CT molecular complexity index is 2490. The molecule has 4 aromatic carbocycles. The van der Waals surface area contributed by atoms with E-state index >= 15 is 0 Å². The third-order valence-electron chi connectivity index (χ3n) is 11.0. The fourth-order valence-electron chi connectivity index (χ4n) is 7.61. The minimum Gasteiger partial charge on any atom is -0.491 e. The topological polar surface area (TPSA) is 209 Å². The van der Waals surface area contributed by atoms with Crippen LogP contribution < -0.4 is 36.1 Å². The number of rotatable bonds is 14. The maximum atomic E-state index is 14.6. The number of alkyl carbamates (subject to hydrolysis) is 2. The summed E-state index contributed by atoms with van der Waals surface area (Å²) >= 11 is 0. The normalized spacial score (nSPS) is 17.0. The molecule has 1 unspecified atom stereocenters. The maximum absolute atomic E-state index is 14.6. The Kier molecular flexibility index (Phi) is 17.8. The first-order valence-electron chi connectivity index (χ1n) is 23.2. The number of carbonyl (C=O) groups excluding carboxylic acids is 5. The van der Waals surface area contributed by atoms with E-state index in [1.807, 2.05) is 38.1 Å². The Hall–Kier alpha value is -7.12. The van der Waals surface area contributed by atoms with Crippen molar-refractivity contribution in [1.29, 1.82) is 5.26 Å². The molecule has 16 nitrogen and oxygen atoms in total. The Morgan fingerprint density at radius 3 is 1.81 bits per heavy atom. The third kappa shape index (κ3) is 15.5. The van der Waals surface area contributed by atoms with Crippen molar-refractivity contribution in [1.82, 2.24) is 31.5 Å². The lowest BCUT2D eigenvalue weighted by Gasteiger charge is -2.32. The average Bonchev–Trinajstić information content (AvgIpc) is 3.28. The molecule has 4 aromatic rings. The summed E-state index contributed by atoms with van der Waals surface area (Å²) in [5, 5.41) is 24.5. The number of nitrogens with one attached hydrogen (secondary N) is 5. The lowest BCUT2D eigenvalue weighted by Crippen LogP contribution is -2.53. The molecule has 368 valence electrons. The van der Waals surface area contributed by atoms with E-state index in [1.165, 1.54) is 24.4 Å². The van der Waals surface area contributed by atoms with E-state index in [2.05, 4.69) is 56.9 Å². The molecule has 5 N–H and O–H groups in total. The van der Waals surface area contributed by atoms with E-state index in [-0.39, 0.29) is 38.8 Å². The number of carbonyl (C=O) groups is 5. The molecule has 0 aromatic heterocycles. The fraction of sp³-hybridized carbons (Fsp3) is 0.434. The van der Waals surface area contributed by atoms with Gasteiger partial charge in [-0.3, -0.25) is 19.7 Å². The van der Waals surface area contributed by atoms with Gasteiger partial charge in [0.05, 0.1) is 25.2 Å². The second kappa shape index (κ2) is 23.3. The first kappa shape index (κ1) is 52.8. The number of aryl methyl sites for hydroxylation is 1. The van der Waals surface area contributed by atoms with E-state index in [0.29, 0.717) is 33.8 Å². The summed E-state index contributed by atoms with van der Waals surface area (Å²) in [4.78, 5) is 68.9. The second-order valence-corrected chi connectivity index (χ2v) is 19.2. The van der Waals surface area contributed by atoms with E-state index in [0.717, 1.165) is 16.7 Å². The van der Waals surface area contributed by atoms with E-state index in [9.17, 15) is 29.2 Å².